The Morgan fingerprint density at radius 3 is 2.13 bits per heavy atom. The fourth-order valence-corrected chi connectivity index (χ4v) is 2.27. The van der Waals surface area contributed by atoms with Crippen LogP contribution in [-0.4, -0.2) is 44.3 Å². The molecule has 1 aromatic carbocycles. The Hall–Kier alpha value is -3.11. The van der Waals surface area contributed by atoms with E-state index in [4.69, 9.17) is 5.73 Å². The van der Waals surface area contributed by atoms with Crippen molar-refractivity contribution in [1.82, 2.24) is 4.98 Å². The average Bonchev–Trinajstić information content (AvgIpc) is 2.45. The van der Waals surface area contributed by atoms with E-state index in [-0.39, 0.29) is 11.0 Å². The second kappa shape index (κ2) is 5.95. The standard InChI is InChI=1S/C13H11BN2O7/c15-10-8(12(18)19)7(9(13(20)21)11(17)16-10)5-3-1-2-4-6(5)14(22)23/h1-4,22-23H,(H,18,19)(H,20,21)(H3,15,16,17). The molecule has 0 bridgehead atoms. The molecule has 0 unspecified atom stereocenters. The van der Waals surface area contributed by atoms with E-state index in [9.17, 15) is 34.6 Å². The first-order valence-electron chi connectivity index (χ1n) is 6.23. The molecule has 2 aromatic rings. The molecule has 118 valence electrons. The van der Waals surface area contributed by atoms with Crippen molar-refractivity contribution in [2.45, 2.75) is 0 Å². The van der Waals surface area contributed by atoms with E-state index in [1.807, 2.05) is 4.98 Å². The number of aromatic carboxylic acids is 2. The van der Waals surface area contributed by atoms with E-state index in [0.717, 1.165) is 0 Å². The van der Waals surface area contributed by atoms with Gasteiger partial charge in [-0.3, -0.25) is 4.79 Å². The first kappa shape index (κ1) is 16.3. The van der Waals surface area contributed by atoms with Gasteiger partial charge in [0.2, 0.25) is 0 Å². The lowest BCUT2D eigenvalue weighted by molar-refractivity contribution is 0.0695. The van der Waals surface area contributed by atoms with E-state index in [0.29, 0.717) is 0 Å². The van der Waals surface area contributed by atoms with E-state index < -0.39 is 47.1 Å². The fraction of sp³-hybridized carbons (Fsp3) is 0. The van der Waals surface area contributed by atoms with E-state index in [1.165, 1.54) is 24.3 Å². The third-order valence-corrected chi connectivity index (χ3v) is 3.18. The van der Waals surface area contributed by atoms with Crippen LogP contribution in [0.25, 0.3) is 11.1 Å². The molecule has 0 atom stereocenters. The van der Waals surface area contributed by atoms with Crippen LogP contribution >= 0.6 is 0 Å². The summed E-state index contributed by atoms with van der Waals surface area (Å²) in [7, 11) is -2.00. The monoisotopic (exact) mass is 318 g/mol. The molecule has 0 saturated carbocycles. The van der Waals surface area contributed by atoms with Gasteiger partial charge in [0, 0.05) is 5.56 Å². The van der Waals surface area contributed by atoms with Gasteiger partial charge in [0.15, 0.2) is 0 Å². The number of rotatable bonds is 4. The van der Waals surface area contributed by atoms with E-state index in [1.54, 1.807) is 0 Å². The van der Waals surface area contributed by atoms with Gasteiger partial charge < -0.3 is 31.0 Å². The lowest BCUT2D eigenvalue weighted by Gasteiger charge is -2.15. The minimum atomic E-state index is -2.00. The maximum absolute atomic E-state index is 11.9. The zero-order chi connectivity index (χ0) is 17.3. The van der Waals surface area contributed by atoms with Crippen LogP contribution < -0.4 is 16.8 Å². The number of carboxylic acid groups (broad SMARTS) is 2. The zero-order valence-corrected chi connectivity index (χ0v) is 11.5. The molecule has 0 fully saturated rings. The Labute approximate surface area is 128 Å². The highest BCUT2D eigenvalue weighted by molar-refractivity contribution is 6.60. The summed E-state index contributed by atoms with van der Waals surface area (Å²) in [5.41, 5.74) is 2.12. The minimum Gasteiger partial charge on any atom is -0.478 e. The molecule has 0 spiro atoms. The molecule has 0 radical (unpaired) electrons. The number of hydrogen-bond donors (Lipinski definition) is 6. The van der Waals surface area contributed by atoms with Crippen molar-refractivity contribution in [3.63, 3.8) is 0 Å². The molecule has 1 aromatic heterocycles. The Balaban J connectivity index is 3.04. The summed E-state index contributed by atoms with van der Waals surface area (Å²) in [5.74, 6) is -3.78. The predicted molar refractivity (Wildman–Crippen MR) is 80.7 cm³/mol. The lowest BCUT2D eigenvalue weighted by Crippen LogP contribution is -2.33. The SMILES string of the molecule is Nc1[nH]c(=O)c(C(=O)O)c(-c2ccccc2B(O)O)c1C(=O)O. The molecule has 0 aliphatic heterocycles. The second-order valence-corrected chi connectivity index (χ2v) is 4.56. The number of nitrogen functional groups attached to an aromatic ring is 1. The molecule has 0 aliphatic rings. The number of pyridine rings is 1. The zero-order valence-electron chi connectivity index (χ0n) is 11.5. The third kappa shape index (κ3) is 2.80. The van der Waals surface area contributed by atoms with Crippen LogP contribution in [0.3, 0.4) is 0 Å². The number of carboxylic acids is 2. The normalized spacial score (nSPS) is 10.3. The summed E-state index contributed by atoms with van der Waals surface area (Å²) in [5, 5.41) is 37.4. The van der Waals surface area contributed by atoms with Crippen LogP contribution in [0.5, 0.6) is 0 Å². The van der Waals surface area contributed by atoms with Crippen molar-refractivity contribution in [3.05, 3.63) is 45.7 Å². The molecule has 23 heavy (non-hydrogen) atoms. The van der Waals surface area contributed by atoms with Crippen LogP contribution in [0.2, 0.25) is 0 Å². The van der Waals surface area contributed by atoms with Crippen LogP contribution in [0.1, 0.15) is 20.7 Å². The van der Waals surface area contributed by atoms with Gasteiger partial charge in [-0.1, -0.05) is 24.3 Å². The number of anilines is 1. The van der Waals surface area contributed by atoms with Crippen molar-refractivity contribution >= 4 is 30.3 Å². The highest BCUT2D eigenvalue weighted by atomic mass is 16.4. The highest BCUT2D eigenvalue weighted by Gasteiger charge is 2.29. The number of nitrogens with one attached hydrogen (secondary N) is 1. The Morgan fingerprint density at radius 1 is 1.04 bits per heavy atom. The van der Waals surface area contributed by atoms with Crippen LogP contribution in [0.15, 0.2) is 29.1 Å². The quantitative estimate of drug-likeness (QED) is 0.377. The number of aromatic nitrogens is 1. The van der Waals surface area contributed by atoms with Gasteiger partial charge in [-0.2, -0.15) is 0 Å². The van der Waals surface area contributed by atoms with Gasteiger partial charge in [0.25, 0.3) is 5.56 Å². The largest absolute Gasteiger partial charge is 0.489 e. The molecule has 2 rings (SSSR count). The van der Waals surface area contributed by atoms with Gasteiger partial charge in [-0.15, -0.1) is 0 Å². The summed E-state index contributed by atoms with van der Waals surface area (Å²) >= 11 is 0. The Morgan fingerprint density at radius 2 is 1.61 bits per heavy atom. The number of nitrogens with two attached hydrogens (primary N) is 1. The highest BCUT2D eigenvalue weighted by Crippen LogP contribution is 2.28. The van der Waals surface area contributed by atoms with Crippen LogP contribution in [0, 0.1) is 0 Å². The summed E-state index contributed by atoms with van der Waals surface area (Å²) < 4.78 is 0. The molecule has 0 amide bonds. The number of benzene rings is 1. The predicted octanol–water partition coefficient (Wildman–Crippen LogP) is -1.30. The minimum absolute atomic E-state index is 0.130. The van der Waals surface area contributed by atoms with Crippen molar-refractivity contribution < 1.29 is 29.9 Å². The lowest BCUT2D eigenvalue weighted by atomic mass is 9.74. The van der Waals surface area contributed by atoms with Crippen molar-refractivity contribution in [1.29, 1.82) is 0 Å². The molecule has 0 aliphatic carbocycles. The fourth-order valence-electron chi connectivity index (χ4n) is 2.27. The summed E-state index contributed by atoms with van der Waals surface area (Å²) in [4.78, 5) is 36.7. The molecule has 10 heteroatoms. The van der Waals surface area contributed by atoms with Crippen molar-refractivity contribution in [2.75, 3.05) is 5.73 Å². The molecule has 1 heterocycles. The van der Waals surface area contributed by atoms with Crippen LogP contribution in [-0.2, 0) is 0 Å². The van der Waals surface area contributed by atoms with Gasteiger partial charge >= 0.3 is 19.1 Å². The van der Waals surface area contributed by atoms with Gasteiger partial charge in [0.05, 0.1) is 0 Å². The van der Waals surface area contributed by atoms with Crippen molar-refractivity contribution in [3.8, 4) is 11.1 Å². The van der Waals surface area contributed by atoms with E-state index >= 15 is 0 Å². The number of aromatic amines is 1. The van der Waals surface area contributed by atoms with E-state index in [2.05, 4.69) is 0 Å². The Kier molecular flexibility index (Phi) is 4.21. The smallest absolute Gasteiger partial charge is 0.478 e. The topological polar surface area (TPSA) is 174 Å². The molecule has 7 N–H and O–H groups in total. The number of carbonyl (C=O) groups is 2. The molecular formula is C13H11BN2O7. The van der Waals surface area contributed by atoms with Crippen LogP contribution in [0.4, 0.5) is 5.82 Å². The number of H-pyrrole nitrogens is 1. The summed E-state index contributed by atoms with van der Waals surface area (Å²) in [6.45, 7) is 0. The first-order valence-corrected chi connectivity index (χ1v) is 6.23. The maximum Gasteiger partial charge on any atom is 0.489 e. The maximum atomic E-state index is 11.9. The molecule has 0 saturated heterocycles. The second-order valence-electron chi connectivity index (χ2n) is 4.56. The molecule has 9 nitrogen and oxygen atoms in total. The number of hydrogen-bond acceptors (Lipinski definition) is 6. The first-order chi connectivity index (χ1) is 10.8. The summed E-state index contributed by atoms with van der Waals surface area (Å²) in [6, 6.07) is 5.39. The van der Waals surface area contributed by atoms with Gasteiger partial charge in [0.1, 0.15) is 16.9 Å². The third-order valence-electron chi connectivity index (χ3n) is 3.18. The molecular weight excluding hydrogens is 307 g/mol. The van der Waals surface area contributed by atoms with Gasteiger partial charge in [-0.25, -0.2) is 9.59 Å². The summed E-state index contributed by atoms with van der Waals surface area (Å²) in [6.07, 6.45) is 0. The van der Waals surface area contributed by atoms with Crippen molar-refractivity contribution in [2.24, 2.45) is 0 Å². The average molecular weight is 318 g/mol. The Bertz CT molecular complexity index is 860. The van der Waals surface area contributed by atoms with Gasteiger partial charge in [-0.05, 0) is 11.0 Å².